The Kier molecular flexibility index (Phi) is 5.79. The van der Waals surface area contributed by atoms with Gasteiger partial charge in [-0.15, -0.1) is 0 Å². The highest BCUT2D eigenvalue weighted by Gasteiger charge is 2.31. The number of rotatable bonds is 5. The number of hydrogen-bond acceptors (Lipinski definition) is 4. The van der Waals surface area contributed by atoms with Crippen LogP contribution in [-0.4, -0.2) is 40.3 Å². The molecule has 3 N–H and O–H groups in total. The SMILES string of the molecule is CCN(C(=O)OC(C)(C)C)[C@@H](Cc1ccc(N)cc1)C(=O)O. The highest BCUT2D eigenvalue weighted by Crippen LogP contribution is 2.16. The van der Waals surface area contributed by atoms with E-state index in [0.29, 0.717) is 5.69 Å². The van der Waals surface area contributed by atoms with E-state index in [-0.39, 0.29) is 13.0 Å². The summed E-state index contributed by atoms with van der Waals surface area (Å²) >= 11 is 0. The lowest BCUT2D eigenvalue weighted by atomic mass is 10.0. The van der Waals surface area contributed by atoms with Crippen LogP contribution < -0.4 is 5.73 Å². The molecule has 1 atom stereocenters. The molecule has 1 aromatic rings. The van der Waals surface area contributed by atoms with E-state index in [1.807, 2.05) is 0 Å². The van der Waals surface area contributed by atoms with Crippen molar-refractivity contribution in [2.24, 2.45) is 0 Å². The van der Waals surface area contributed by atoms with Gasteiger partial charge in [-0.05, 0) is 45.4 Å². The number of benzene rings is 1. The lowest BCUT2D eigenvalue weighted by molar-refractivity contribution is -0.143. The quantitative estimate of drug-likeness (QED) is 0.815. The maximum absolute atomic E-state index is 12.2. The molecule has 1 aromatic carbocycles. The number of carboxylic acids is 1. The summed E-state index contributed by atoms with van der Waals surface area (Å²) in [6, 6.07) is 5.95. The number of carbonyl (C=O) groups excluding carboxylic acids is 1. The van der Waals surface area contributed by atoms with Crippen molar-refractivity contribution in [2.45, 2.75) is 45.8 Å². The number of aliphatic carboxylic acids is 1. The van der Waals surface area contributed by atoms with Gasteiger partial charge < -0.3 is 15.6 Å². The second-order valence-corrected chi connectivity index (χ2v) is 6.07. The summed E-state index contributed by atoms with van der Waals surface area (Å²) in [4.78, 5) is 25.0. The predicted octanol–water partition coefficient (Wildman–Crippen LogP) is 2.52. The molecule has 1 rings (SSSR count). The van der Waals surface area contributed by atoms with Crippen molar-refractivity contribution in [3.63, 3.8) is 0 Å². The zero-order valence-electron chi connectivity index (χ0n) is 13.5. The monoisotopic (exact) mass is 308 g/mol. The van der Waals surface area contributed by atoms with E-state index in [0.717, 1.165) is 5.56 Å². The minimum absolute atomic E-state index is 0.197. The Bertz CT molecular complexity index is 520. The van der Waals surface area contributed by atoms with Gasteiger partial charge in [-0.3, -0.25) is 4.90 Å². The maximum atomic E-state index is 12.2. The third-order valence-corrected chi connectivity index (χ3v) is 3.04. The minimum atomic E-state index is -1.07. The smallest absolute Gasteiger partial charge is 0.411 e. The molecule has 122 valence electrons. The van der Waals surface area contributed by atoms with Gasteiger partial charge >= 0.3 is 12.1 Å². The molecule has 0 bridgehead atoms. The first-order valence-corrected chi connectivity index (χ1v) is 7.21. The van der Waals surface area contributed by atoms with Crippen molar-refractivity contribution in [1.82, 2.24) is 4.90 Å². The average molecular weight is 308 g/mol. The largest absolute Gasteiger partial charge is 0.480 e. The molecule has 0 aromatic heterocycles. The van der Waals surface area contributed by atoms with Crippen LogP contribution in [0.25, 0.3) is 0 Å². The molecule has 0 fully saturated rings. The molecular formula is C16H24N2O4. The van der Waals surface area contributed by atoms with Gasteiger partial charge in [-0.25, -0.2) is 9.59 Å². The van der Waals surface area contributed by atoms with Crippen LogP contribution in [0.3, 0.4) is 0 Å². The van der Waals surface area contributed by atoms with Gasteiger partial charge in [0.25, 0.3) is 0 Å². The van der Waals surface area contributed by atoms with Gasteiger partial charge in [0.2, 0.25) is 0 Å². The van der Waals surface area contributed by atoms with Crippen molar-refractivity contribution in [3.05, 3.63) is 29.8 Å². The van der Waals surface area contributed by atoms with E-state index in [2.05, 4.69) is 0 Å². The van der Waals surface area contributed by atoms with Gasteiger partial charge in [0.15, 0.2) is 0 Å². The first kappa shape index (κ1) is 17.8. The van der Waals surface area contributed by atoms with E-state index >= 15 is 0 Å². The molecule has 0 spiro atoms. The highest BCUT2D eigenvalue weighted by atomic mass is 16.6. The van der Waals surface area contributed by atoms with E-state index < -0.39 is 23.7 Å². The number of amides is 1. The molecule has 0 heterocycles. The van der Waals surface area contributed by atoms with Crippen LogP contribution in [0.4, 0.5) is 10.5 Å². The molecular weight excluding hydrogens is 284 g/mol. The first-order chi connectivity index (χ1) is 10.1. The van der Waals surface area contributed by atoms with E-state index in [4.69, 9.17) is 10.5 Å². The number of nitrogens with zero attached hydrogens (tertiary/aromatic N) is 1. The maximum Gasteiger partial charge on any atom is 0.411 e. The van der Waals surface area contributed by atoms with E-state index in [9.17, 15) is 14.7 Å². The fraction of sp³-hybridized carbons (Fsp3) is 0.500. The summed E-state index contributed by atoms with van der Waals surface area (Å²) < 4.78 is 5.28. The Morgan fingerprint density at radius 3 is 2.23 bits per heavy atom. The number of likely N-dealkylation sites (N-methyl/N-ethyl adjacent to an activating group) is 1. The van der Waals surface area contributed by atoms with Crippen molar-refractivity contribution in [2.75, 3.05) is 12.3 Å². The average Bonchev–Trinajstić information content (AvgIpc) is 2.38. The Labute approximate surface area is 130 Å². The molecule has 22 heavy (non-hydrogen) atoms. The number of carbonyl (C=O) groups is 2. The molecule has 0 aliphatic carbocycles. The standard InChI is InChI=1S/C16H24N2O4/c1-5-18(15(21)22-16(2,3)4)13(14(19)20)10-11-6-8-12(17)9-7-11/h6-9,13H,5,10,17H2,1-4H3,(H,19,20)/t13-/m0/s1. The van der Waals surface area contributed by atoms with Crippen LogP contribution in [-0.2, 0) is 16.0 Å². The van der Waals surface area contributed by atoms with Crippen LogP contribution in [0.2, 0.25) is 0 Å². The van der Waals surface area contributed by atoms with E-state index in [1.165, 1.54) is 4.90 Å². The number of ether oxygens (including phenoxy) is 1. The van der Waals surface area contributed by atoms with Crippen molar-refractivity contribution in [1.29, 1.82) is 0 Å². The first-order valence-electron chi connectivity index (χ1n) is 7.21. The topological polar surface area (TPSA) is 92.9 Å². The lowest BCUT2D eigenvalue weighted by Crippen LogP contribution is -2.48. The third kappa shape index (κ3) is 5.27. The fourth-order valence-electron chi connectivity index (χ4n) is 2.01. The molecule has 0 saturated heterocycles. The third-order valence-electron chi connectivity index (χ3n) is 3.04. The van der Waals surface area contributed by atoms with Crippen LogP contribution in [0.5, 0.6) is 0 Å². The van der Waals surface area contributed by atoms with E-state index in [1.54, 1.807) is 52.0 Å². The number of anilines is 1. The molecule has 6 nitrogen and oxygen atoms in total. The Morgan fingerprint density at radius 2 is 1.82 bits per heavy atom. The van der Waals surface area contributed by atoms with Gasteiger partial charge in [0.05, 0.1) is 0 Å². The number of nitrogen functional groups attached to an aromatic ring is 1. The second-order valence-electron chi connectivity index (χ2n) is 6.07. The molecule has 0 saturated carbocycles. The summed E-state index contributed by atoms with van der Waals surface area (Å²) in [5.41, 5.74) is 6.35. The van der Waals surface area contributed by atoms with Crippen molar-refractivity contribution < 1.29 is 19.4 Å². The summed E-state index contributed by atoms with van der Waals surface area (Å²) in [6.07, 6.45) is -0.430. The van der Waals surface area contributed by atoms with Crippen LogP contribution >= 0.6 is 0 Å². The lowest BCUT2D eigenvalue weighted by Gasteiger charge is -2.30. The fourth-order valence-corrected chi connectivity index (χ4v) is 2.01. The minimum Gasteiger partial charge on any atom is -0.480 e. The summed E-state index contributed by atoms with van der Waals surface area (Å²) in [5.74, 6) is -1.07. The van der Waals surface area contributed by atoms with Crippen LogP contribution in [0, 0.1) is 0 Å². The summed E-state index contributed by atoms with van der Waals surface area (Å²) in [7, 11) is 0. The molecule has 0 aliphatic heterocycles. The zero-order valence-corrected chi connectivity index (χ0v) is 13.5. The zero-order chi connectivity index (χ0) is 16.9. The van der Waals surface area contributed by atoms with Crippen LogP contribution in [0.15, 0.2) is 24.3 Å². The molecule has 0 unspecified atom stereocenters. The van der Waals surface area contributed by atoms with Gasteiger partial charge in [0.1, 0.15) is 11.6 Å². The summed E-state index contributed by atoms with van der Waals surface area (Å²) in [6.45, 7) is 7.21. The predicted molar refractivity (Wildman–Crippen MR) is 84.6 cm³/mol. The molecule has 0 aliphatic rings. The molecule has 1 amide bonds. The normalized spacial score (nSPS) is 12.5. The highest BCUT2D eigenvalue weighted by molar-refractivity contribution is 5.80. The Hall–Kier alpha value is -2.24. The Balaban J connectivity index is 2.93. The molecule has 6 heteroatoms. The molecule has 0 radical (unpaired) electrons. The van der Waals surface area contributed by atoms with Gasteiger partial charge in [-0.1, -0.05) is 12.1 Å². The summed E-state index contributed by atoms with van der Waals surface area (Å²) in [5, 5.41) is 9.46. The van der Waals surface area contributed by atoms with Gasteiger partial charge in [-0.2, -0.15) is 0 Å². The van der Waals surface area contributed by atoms with Crippen molar-refractivity contribution in [3.8, 4) is 0 Å². The van der Waals surface area contributed by atoms with Crippen molar-refractivity contribution >= 4 is 17.7 Å². The van der Waals surface area contributed by atoms with Crippen LogP contribution in [0.1, 0.15) is 33.3 Å². The van der Waals surface area contributed by atoms with Gasteiger partial charge in [0, 0.05) is 18.7 Å². The number of hydrogen-bond donors (Lipinski definition) is 2. The second kappa shape index (κ2) is 7.15. The number of nitrogens with two attached hydrogens (primary N) is 1. The number of carboxylic acid groups (broad SMARTS) is 1. The Morgan fingerprint density at radius 1 is 1.27 bits per heavy atom.